The minimum Gasteiger partial charge on any atom is -0.493 e. The van der Waals surface area contributed by atoms with Crippen LogP contribution in [0.4, 0.5) is 0 Å². The number of nitrogens with zero attached hydrogens (tertiary/aromatic N) is 1. The summed E-state index contributed by atoms with van der Waals surface area (Å²) in [6.07, 6.45) is 4.02. The van der Waals surface area contributed by atoms with Crippen molar-refractivity contribution in [2.75, 3.05) is 47.1 Å². The van der Waals surface area contributed by atoms with Gasteiger partial charge in [-0.2, -0.15) is 0 Å². The first-order valence-electron chi connectivity index (χ1n) is 14.9. The molecular weight excluding hydrogens is 502 g/mol. The quantitative estimate of drug-likeness (QED) is 0.339. The van der Waals surface area contributed by atoms with Crippen LogP contribution in [0.25, 0.3) is 22.2 Å². The van der Waals surface area contributed by atoms with Crippen molar-refractivity contribution in [3.05, 3.63) is 47.5 Å². The van der Waals surface area contributed by atoms with Crippen LogP contribution in [0, 0.1) is 5.92 Å². The van der Waals surface area contributed by atoms with E-state index in [9.17, 15) is 4.79 Å². The molecule has 2 aliphatic rings. The third-order valence-corrected chi connectivity index (χ3v) is 9.06. The molecule has 7 nitrogen and oxygen atoms in total. The van der Waals surface area contributed by atoms with Crippen LogP contribution in [-0.4, -0.2) is 68.9 Å². The summed E-state index contributed by atoms with van der Waals surface area (Å²) in [5, 5.41) is 4.70. The standard InChI is InChI=1S/C33H45N3O4/c1-21(2)22(3)34-20-31(37)36-14-10-23(11-15-36)25-6-8-28-27(18-25)32(24-12-16-40-17-13-24)33(35-28)26-7-9-29(38-4)30(19-26)39-5/h6-9,18-19,21-24,34-35H,10-17,20H2,1-5H3/t22-/m1/s1. The highest BCUT2D eigenvalue weighted by atomic mass is 16.5. The van der Waals surface area contributed by atoms with Gasteiger partial charge in [-0.15, -0.1) is 0 Å². The zero-order chi connectivity index (χ0) is 28.2. The third kappa shape index (κ3) is 6.01. The van der Waals surface area contributed by atoms with Gasteiger partial charge in [0.05, 0.1) is 26.5 Å². The molecule has 5 rings (SSSR count). The van der Waals surface area contributed by atoms with Gasteiger partial charge < -0.3 is 29.4 Å². The van der Waals surface area contributed by atoms with Gasteiger partial charge in [0.25, 0.3) is 0 Å². The second-order valence-electron chi connectivity index (χ2n) is 11.7. The molecule has 2 aromatic carbocycles. The van der Waals surface area contributed by atoms with Crippen LogP contribution in [0.3, 0.4) is 0 Å². The van der Waals surface area contributed by atoms with Gasteiger partial charge >= 0.3 is 0 Å². The molecule has 1 atom stereocenters. The molecule has 0 radical (unpaired) electrons. The molecule has 3 aromatic rings. The summed E-state index contributed by atoms with van der Waals surface area (Å²) in [6, 6.07) is 13.4. The summed E-state index contributed by atoms with van der Waals surface area (Å²) < 4.78 is 16.8. The number of hydrogen-bond acceptors (Lipinski definition) is 5. The second kappa shape index (κ2) is 12.6. The number of rotatable bonds is 9. The normalized spacial score (nSPS) is 17.9. The maximum atomic E-state index is 12.8. The van der Waals surface area contributed by atoms with Crippen molar-refractivity contribution >= 4 is 16.8 Å². The van der Waals surface area contributed by atoms with E-state index in [1.165, 1.54) is 16.5 Å². The number of carbonyl (C=O) groups excluding carboxylic acids is 1. The molecule has 216 valence electrons. The second-order valence-corrected chi connectivity index (χ2v) is 11.7. The van der Waals surface area contributed by atoms with Crippen LogP contribution in [-0.2, 0) is 9.53 Å². The van der Waals surface area contributed by atoms with E-state index in [1.807, 2.05) is 11.0 Å². The molecule has 2 aliphatic heterocycles. The largest absolute Gasteiger partial charge is 0.493 e. The number of hydrogen-bond donors (Lipinski definition) is 2. The Labute approximate surface area is 238 Å². The highest BCUT2D eigenvalue weighted by Crippen LogP contribution is 2.43. The molecule has 0 spiro atoms. The Morgan fingerprint density at radius 1 is 0.975 bits per heavy atom. The van der Waals surface area contributed by atoms with Crippen LogP contribution in [0.15, 0.2) is 36.4 Å². The summed E-state index contributed by atoms with van der Waals surface area (Å²) in [7, 11) is 3.35. The first kappa shape index (κ1) is 28.5. The van der Waals surface area contributed by atoms with Crippen molar-refractivity contribution < 1.29 is 19.0 Å². The van der Waals surface area contributed by atoms with E-state index in [0.717, 1.165) is 80.3 Å². The zero-order valence-electron chi connectivity index (χ0n) is 24.7. The number of ether oxygens (including phenoxy) is 3. The summed E-state index contributed by atoms with van der Waals surface area (Å²) >= 11 is 0. The van der Waals surface area contributed by atoms with Crippen molar-refractivity contribution in [1.29, 1.82) is 0 Å². The number of benzene rings is 2. The predicted molar refractivity (Wildman–Crippen MR) is 160 cm³/mol. The SMILES string of the molecule is COc1ccc(-c2[nH]c3ccc(C4CCN(C(=O)CN[C@H](C)C(C)C)CC4)cc3c2C2CCOCC2)cc1OC. The average Bonchev–Trinajstić information content (AvgIpc) is 3.38. The fourth-order valence-corrected chi connectivity index (χ4v) is 6.17. The molecule has 7 heteroatoms. The van der Waals surface area contributed by atoms with Gasteiger partial charge in [-0.25, -0.2) is 0 Å². The molecule has 0 saturated carbocycles. The molecule has 2 N–H and O–H groups in total. The Hall–Kier alpha value is -3.03. The van der Waals surface area contributed by atoms with Crippen molar-refractivity contribution in [2.24, 2.45) is 5.92 Å². The molecule has 40 heavy (non-hydrogen) atoms. The number of nitrogens with one attached hydrogen (secondary N) is 2. The molecule has 0 bridgehead atoms. The van der Waals surface area contributed by atoms with Gasteiger partial charge in [0.2, 0.25) is 5.91 Å². The molecule has 2 fully saturated rings. The molecule has 3 heterocycles. The predicted octanol–water partition coefficient (Wildman–Crippen LogP) is 6.09. The van der Waals surface area contributed by atoms with Crippen LogP contribution < -0.4 is 14.8 Å². The maximum Gasteiger partial charge on any atom is 0.236 e. The minimum absolute atomic E-state index is 0.216. The van der Waals surface area contributed by atoms with Crippen LogP contribution >= 0.6 is 0 Å². The number of H-pyrrole nitrogens is 1. The highest BCUT2D eigenvalue weighted by molar-refractivity contribution is 5.92. The first-order chi connectivity index (χ1) is 19.4. The van der Waals surface area contributed by atoms with E-state index in [2.05, 4.69) is 61.4 Å². The van der Waals surface area contributed by atoms with E-state index in [0.29, 0.717) is 30.3 Å². The highest BCUT2D eigenvalue weighted by Gasteiger charge is 2.27. The van der Waals surface area contributed by atoms with E-state index in [-0.39, 0.29) is 5.91 Å². The topological polar surface area (TPSA) is 75.8 Å². The molecule has 0 unspecified atom stereocenters. The molecule has 2 saturated heterocycles. The van der Waals surface area contributed by atoms with Crippen molar-refractivity contribution in [2.45, 2.75) is 64.3 Å². The third-order valence-electron chi connectivity index (χ3n) is 9.06. The summed E-state index contributed by atoms with van der Waals surface area (Å²) in [5.74, 6) is 3.08. The lowest BCUT2D eigenvalue weighted by Crippen LogP contribution is -2.45. The number of fused-ring (bicyclic) bond motifs is 1. The Morgan fingerprint density at radius 2 is 1.70 bits per heavy atom. The molecule has 1 aromatic heterocycles. The monoisotopic (exact) mass is 547 g/mol. The summed E-state index contributed by atoms with van der Waals surface area (Å²) in [5.41, 5.74) is 6.17. The van der Waals surface area contributed by atoms with Crippen molar-refractivity contribution in [1.82, 2.24) is 15.2 Å². The number of amides is 1. The van der Waals surface area contributed by atoms with Gasteiger partial charge in [-0.05, 0) is 91.8 Å². The lowest BCUT2D eigenvalue weighted by atomic mass is 9.85. The molecular formula is C33H45N3O4. The number of likely N-dealkylation sites (tertiary alicyclic amines) is 1. The fraction of sp³-hybridized carbons (Fsp3) is 0.545. The fourth-order valence-electron chi connectivity index (χ4n) is 6.17. The van der Waals surface area contributed by atoms with E-state index in [1.54, 1.807) is 14.2 Å². The average molecular weight is 548 g/mol. The summed E-state index contributed by atoms with van der Waals surface area (Å²) in [6.45, 7) is 10.1. The number of aromatic nitrogens is 1. The van der Waals surface area contributed by atoms with Gasteiger partial charge in [0, 0.05) is 48.8 Å². The Morgan fingerprint density at radius 3 is 2.38 bits per heavy atom. The van der Waals surface area contributed by atoms with Gasteiger partial charge in [0.15, 0.2) is 11.5 Å². The lowest BCUT2D eigenvalue weighted by Gasteiger charge is -2.33. The smallest absolute Gasteiger partial charge is 0.236 e. The van der Waals surface area contributed by atoms with E-state index >= 15 is 0 Å². The Balaban J connectivity index is 1.40. The minimum atomic E-state index is 0.216. The Bertz CT molecular complexity index is 1300. The van der Waals surface area contributed by atoms with Crippen LogP contribution in [0.2, 0.25) is 0 Å². The van der Waals surface area contributed by atoms with E-state index < -0.39 is 0 Å². The number of carbonyl (C=O) groups is 1. The zero-order valence-corrected chi connectivity index (χ0v) is 24.7. The molecule has 0 aliphatic carbocycles. The van der Waals surface area contributed by atoms with Crippen molar-refractivity contribution in [3.8, 4) is 22.8 Å². The van der Waals surface area contributed by atoms with E-state index in [4.69, 9.17) is 14.2 Å². The van der Waals surface area contributed by atoms with Gasteiger partial charge in [-0.1, -0.05) is 19.9 Å². The lowest BCUT2D eigenvalue weighted by molar-refractivity contribution is -0.131. The van der Waals surface area contributed by atoms with Gasteiger partial charge in [0.1, 0.15) is 0 Å². The van der Waals surface area contributed by atoms with Crippen molar-refractivity contribution in [3.63, 3.8) is 0 Å². The van der Waals surface area contributed by atoms with Gasteiger partial charge in [-0.3, -0.25) is 4.79 Å². The number of aromatic amines is 1. The Kier molecular flexibility index (Phi) is 9.01. The number of piperidine rings is 1. The number of methoxy groups -OCH3 is 2. The van der Waals surface area contributed by atoms with Crippen LogP contribution in [0.1, 0.15) is 69.4 Å². The molecule has 1 amide bonds. The maximum absolute atomic E-state index is 12.8. The summed E-state index contributed by atoms with van der Waals surface area (Å²) in [4.78, 5) is 18.6. The first-order valence-corrected chi connectivity index (χ1v) is 14.9. The van der Waals surface area contributed by atoms with Crippen LogP contribution in [0.5, 0.6) is 11.5 Å².